The highest BCUT2D eigenvalue weighted by molar-refractivity contribution is 6.31. The van der Waals surface area contributed by atoms with Gasteiger partial charge in [-0.3, -0.25) is 4.79 Å². The lowest BCUT2D eigenvalue weighted by Gasteiger charge is -2.18. The van der Waals surface area contributed by atoms with E-state index in [2.05, 4.69) is 5.32 Å². The minimum atomic E-state index is -0.986. The van der Waals surface area contributed by atoms with Crippen molar-refractivity contribution >= 4 is 23.5 Å². The summed E-state index contributed by atoms with van der Waals surface area (Å²) in [6, 6.07) is 14.3. The zero-order valence-electron chi connectivity index (χ0n) is 14.4. The lowest BCUT2D eigenvalue weighted by molar-refractivity contribution is -0.158. The topological polar surface area (TPSA) is 64.6 Å². The summed E-state index contributed by atoms with van der Waals surface area (Å²) >= 11 is 5.97. The minimum Gasteiger partial charge on any atom is -0.482 e. The van der Waals surface area contributed by atoms with Crippen LogP contribution >= 0.6 is 11.6 Å². The zero-order chi connectivity index (χ0) is 18.5. The van der Waals surface area contributed by atoms with Gasteiger partial charge in [0.05, 0.1) is 0 Å². The van der Waals surface area contributed by atoms with Crippen molar-refractivity contribution in [1.29, 1.82) is 0 Å². The minimum absolute atomic E-state index is 0.181. The maximum absolute atomic E-state index is 12.4. The van der Waals surface area contributed by atoms with E-state index in [-0.39, 0.29) is 18.6 Å². The van der Waals surface area contributed by atoms with E-state index in [1.807, 2.05) is 13.0 Å². The first-order valence-corrected chi connectivity index (χ1v) is 8.84. The van der Waals surface area contributed by atoms with Gasteiger partial charge in [0.15, 0.2) is 6.61 Å². The molecular formula is C20H20ClNO4. The number of benzene rings is 2. The molecule has 0 unspecified atom stereocenters. The van der Waals surface area contributed by atoms with Crippen LogP contribution in [0, 0.1) is 6.92 Å². The predicted octanol–water partition coefficient (Wildman–Crippen LogP) is 3.59. The summed E-state index contributed by atoms with van der Waals surface area (Å²) in [6.45, 7) is 1.56. The number of aryl methyl sites for hydroxylation is 1. The summed E-state index contributed by atoms with van der Waals surface area (Å²) in [7, 11) is 0. The smallest absolute Gasteiger partial charge is 0.345 e. The molecule has 136 valence electrons. The molecule has 1 aliphatic carbocycles. The van der Waals surface area contributed by atoms with Crippen molar-refractivity contribution < 1.29 is 19.1 Å². The van der Waals surface area contributed by atoms with Crippen LogP contribution in [0.3, 0.4) is 0 Å². The number of rotatable bonds is 7. The van der Waals surface area contributed by atoms with Gasteiger partial charge >= 0.3 is 5.97 Å². The molecule has 0 radical (unpaired) electrons. The Morgan fingerprint density at radius 3 is 2.58 bits per heavy atom. The zero-order valence-corrected chi connectivity index (χ0v) is 15.2. The number of amides is 1. The Balaban J connectivity index is 1.62. The summed E-state index contributed by atoms with van der Waals surface area (Å²) < 4.78 is 10.8. The average molecular weight is 374 g/mol. The van der Waals surface area contributed by atoms with Gasteiger partial charge in [-0.1, -0.05) is 41.9 Å². The number of esters is 1. The van der Waals surface area contributed by atoms with E-state index in [1.54, 1.807) is 42.5 Å². The van der Waals surface area contributed by atoms with Crippen LogP contribution in [0.15, 0.2) is 48.5 Å². The standard InChI is InChI=1S/C20H20ClNO4/c1-13-11-16(9-10-17(13)21)25-12-18(23)26-19(14-5-3-2-4-6-14)20(24)22-15-7-8-15/h2-6,9-11,15,19H,7-8,12H2,1H3,(H,22,24)/t19-/m1/s1. The molecule has 26 heavy (non-hydrogen) atoms. The Morgan fingerprint density at radius 1 is 1.19 bits per heavy atom. The maximum atomic E-state index is 12.4. The molecule has 0 bridgehead atoms. The maximum Gasteiger partial charge on any atom is 0.345 e. The molecule has 5 nitrogen and oxygen atoms in total. The number of carbonyl (C=O) groups is 2. The third-order valence-corrected chi connectivity index (χ3v) is 4.42. The van der Waals surface area contributed by atoms with Crippen LogP contribution in [-0.2, 0) is 14.3 Å². The number of hydrogen-bond donors (Lipinski definition) is 1. The second-order valence-corrected chi connectivity index (χ2v) is 6.67. The predicted molar refractivity (Wildman–Crippen MR) is 98.1 cm³/mol. The number of carbonyl (C=O) groups excluding carboxylic acids is 2. The van der Waals surface area contributed by atoms with Crippen LogP contribution in [-0.4, -0.2) is 24.5 Å². The Morgan fingerprint density at radius 2 is 1.92 bits per heavy atom. The van der Waals surface area contributed by atoms with Crippen molar-refractivity contribution in [3.63, 3.8) is 0 Å². The molecule has 1 saturated carbocycles. The molecule has 1 fully saturated rings. The van der Waals surface area contributed by atoms with E-state index >= 15 is 0 Å². The van der Waals surface area contributed by atoms with Gasteiger partial charge in [0, 0.05) is 16.6 Å². The van der Waals surface area contributed by atoms with Crippen LogP contribution in [0.2, 0.25) is 5.02 Å². The molecule has 0 spiro atoms. The third-order valence-electron chi connectivity index (χ3n) is 4.00. The molecule has 1 amide bonds. The fraction of sp³-hybridized carbons (Fsp3) is 0.300. The molecule has 0 heterocycles. The lowest BCUT2D eigenvalue weighted by Crippen LogP contribution is -2.34. The van der Waals surface area contributed by atoms with E-state index in [0.29, 0.717) is 16.3 Å². The van der Waals surface area contributed by atoms with Crippen LogP contribution in [0.5, 0.6) is 5.75 Å². The highest BCUT2D eigenvalue weighted by Crippen LogP contribution is 2.24. The number of nitrogens with one attached hydrogen (secondary N) is 1. The Bertz CT molecular complexity index is 790. The van der Waals surface area contributed by atoms with Crippen molar-refractivity contribution in [3.05, 3.63) is 64.7 Å². The summed E-state index contributed by atoms with van der Waals surface area (Å²) in [5, 5.41) is 3.50. The first-order chi connectivity index (χ1) is 12.5. The van der Waals surface area contributed by atoms with E-state index in [0.717, 1.165) is 18.4 Å². The van der Waals surface area contributed by atoms with Crippen LogP contribution in [0.1, 0.15) is 30.1 Å². The summed E-state index contributed by atoms with van der Waals surface area (Å²) in [5.41, 5.74) is 1.48. The molecule has 2 aromatic carbocycles. The molecule has 0 saturated heterocycles. The van der Waals surface area contributed by atoms with Crippen molar-refractivity contribution in [3.8, 4) is 5.75 Å². The van der Waals surface area contributed by atoms with Crippen molar-refractivity contribution in [2.24, 2.45) is 0 Å². The lowest BCUT2D eigenvalue weighted by atomic mass is 10.1. The Hall–Kier alpha value is -2.53. The van der Waals surface area contributed by atoms with Gasteiger partial charge in [0.25, 0.3) is 5.91 Å². The first kappa shape index (κ1) is 18.3. The van der Waals surface area contributed by atoms with Gasteiger partial charge in [0.1, 0.15) is 5.75 Å². The van der Waals surface area contributed by atoms with Crippen LogP contribution in [0.4, 0.5) is 0 Å². The largest absolute Gasteiger partial charge is 0.482 e. The molecule has 2 aromatic rings. The van der Waals surface area contributed by atoms with E-state index in [1.165, 1.54) is 0 Å². The number of ether oxygens (including phenoxy) is 2. The highest BCUT2D eigenvalue weighted by atomic mass is 35.5. The number of halogens is 1. The SMILES string of the molecule is Cc1cc(OCC(=O)O[C@@H](C(=O)NC2CC2)c2ccccc2)ccc1Cl. The van der Waals surface area contributed by atoms with Gasteiger partial charge in [0.2, 0.25) is 6.10 Å². The normalized spacial score (nSPS) is 14.4. The Kier molecular flexibility index (Phi) is 5.78. The van der Waals surface area contributed by atoms with Crippen molar-refractivity contribution in [2.75, 3.05) is 6.61 Å². The Labute approximate surface area is 157 Å². The number of hydrogen-bond acceptors (Lipinski definition) is 4. The second-order valence-electron chi connectivity index (χ2n) is 6.26. The fourth-order valence-corrected chi connectivity index (χ4v) is 2.54. The molecule has 0 aromatic heterocycles. The van der Waals surface area contributed by atoms with Gasteiger partial charge < -0.3 is 14.8 Å². The molecule has 3 rings (SSSR count). The highest BCUT2D eigenvalue weighted by Gasteiger charge is 2.30. The van der Waals surface area contributed by atoms with Crippen molar-refractivity contribution in [2.45, 2.75) is 31.9 Å². The van der Waals surface area contributed by atoms with E-state index in [9.17, 15) is 9.59 Å². The summed E-state index contributed by atoms with van der Waals surface area (Å²) in [4.78, 5) is 24.6. The summed E-state index contributed by atoms with van der Waals surface area (Å²) in [6.07, 6.45) is 0.931. The summed E-state index contributed by atoms with van der Waals surface area (Å²) in [5.74, 6) is -0.408. The molecule has 6 heteroatoms. The third kappa shape index (κ3) is 4.99. The molecule has 0 aliphatic heterocycles. The van der Waals surface area contributed by atoms with Gasteiger partial charge in [-0.05, 0) is 43.5 Å². The fourth-order valence-electron chi connectivity index (χ4n) is 2.42. The van der Waals surface area contributed by atoms with Crippen molar-refractivity contribution in [1.82, 2.24) is 5.32 Å². The van der Waals surface area contributed by atoms with Crippen LogP contribution < -0.4 is 10.1 Å². The van der Waals surface area contributed by atoms with E-state index < -0.39 is 12.1 Å². The monoisotopic (exact) mass is 373 g/mol. The van der Waals surface area contributed by atoms with Gasteiger partial charge in [-0.2, -0.15) is 0 Å². The molecule has 1 atom stereocenters. The quantitative estimate of drug-likeness (QED) is 0.753. The second kappa shape index (κ2) is 8.23. The average Bonchev–Trinajstić information content (AvgIpc) is 3.45. The molecule has 1 N–H and O–H groups in total. The van der Waals surface area contributed by atoms with Crippen LogP contribution in [0.25, 0.3) is 0 Å². The van der Waals surface area contributed by atoms with E-state index in [4.69, 9.17) is 21.1 Å². The molecular weight excluding hydrogens is 354 g/mol. The molecule has 1 aliphatic rings. The van der Waals surface area contributed by atoms with Gasteiger partial charge in [-0.15, -0.1) is 0 Å². The first-order valence-electron chi connectivity index (χ1n) is 8.46. The van der Waals surface area contributed by atoms with Gasteiger partial charge in [-0.25, -0.2) is 4.79 Å².